The van der Waals surface area contributed by atoms with Gasteiger partial charge in [0.1, 0.15) is 11.5 Å². The molecule has 0 bridgehead atoms. The fraction of sp³-hybridized carbons (Fsp3) is 0.143. The SMILES string of the molecule is COc1cc(C(C)(C)c2cc(OC)c(-c3cnccn3)c(-c3[c-]cccc3)n2)nc(-c2[c-]cccc2)c1-c1cnccn1.[Pt+2]. The fourth-order valence-electron chi connectivity index (χ4n) is 4.96. The summed E-state index contributed by atoms with van der Waals surface area (Å²) >= 11 is 0. The van der Waals surface area contributed by atoms with Crippen molar-refractivity contribution in [3.05, 3.63) is 121 Å². The van der Waals surface area contributed by atoms with Crippen LogP contribution in [0.2, 0.25) is 0 Å². The number of aromatic nitrogens is 6. The van der Waals surface area contributed by atoms with Gasteiger partial charge in [0.25, 0.3) is 0 Å². The molecule has 0 N–H and O–H groups in total. The van der Waals surface area contributed by atoms with Crippen molar-refractivity contribution in [2.45, 2.75) is 19.3 Å². The standard InChI is InChI=1S/C35H28N6O2.Pt/c1-35(2,29-19-27(42-3)31(25-21-36-15-17-38-25)33(40-29)23-11-7-5-8-12-23)30-20-28(43-4)32(26-22-37-16-18-39-26)34(41-30)24-13-9-6-10-14-24;/h5-11,13,15-22H,1-4H3;/q-2;+2. The van der Waals surface area contributed by atoms with E-state index in [4.69, 9.17) is 19.4 Å². The van der Waals surface area contributed by atoms with Crippen molar-refractivity contribution in [2.24, 2.45) is 0 Å². The van der Waals surface area contributed by atoms with Crippen LogP contribution in [0.15, 0.2) is 97.8 Å². The number of nitrogens with zero attached hydrogens (tertiary/aromatic N) is 6. The summed E-state index contributed by atoms with van der Waals surface area (Å²) in [5.41, 5.74) is 6.55. The predicted octanol–water partition coefficient (Wildman–Crippen LogP) is 6.67. The number of ether oxygens (including phenoxy) is 2. The number of methoxy groups -OCH3 is 2. The summed E-state index contributed by atoms with van der Waals surface area (Å²) in [5, 5.41) is 0. The Morgan fingerprint density at radius 1 is 0.636 bits per heavy atom. The van der Waals surface area contributed by atoms with E-state index in [2.05, 4.69) is 45.9 Å². The first-order valence-corrected chi connectivity index (χ1v) is 13.7. The van der Waals surface area contributed by atoms with Gasteiger partial charge in [0.05, 0.1) is 38.0 Å². The molecule has 6 aromatic rings. The maximum absolute atomic E-state index is 5.96. The van der Waals surface area contributed by atoms with E-state index in [0.29, 0.717) is 34.3 Å². The molecule has 0 spiro atoms. The summed E-state index contributed by atoms with van der Waals surface area (Å²) < 4.78 is 11.9. The Balaban J connectivity index is 0.00000384. The summed E-state index contributed by atoms with van der Waals surface area (Å²) in [7, 11) is 3.29. The molecule has 0 aliphatic carbocycles. The van der Waals surface area contributed by atoms with Gasteiger partial charge in [-0.15, -0.1) is 71.8 Å². The summed E-state index contributed by atoms with van der Waals surface area (Å²) in [6, 6.07) is 26.0. The summed E-state index contributed by atoms with van der Waals surface area (Å²) in [6.07, 6.45) is 10.00. The molecule has 6 rings (SSSR count). The minimum atomic E-state index is -0.699. The molecule has 0 fully saturated rings. The first-order valence-electron chi connectivity index (χ1n) is 13.7. The molecule has 0 aliphatic heterocycles. The maximum atomic E-state index is 5.96. The van der Waals surface area contributed by atoms with E-state index in [-0.39, 0.29) is 21.1 Å². The summed E-state index contributed by atoms with van der Waals surface area (Å²) in [5.74, 6) is 1.23. The van der Waals surface area contributed by atoms with Crippen LogP contribution in [0.4, 0.5) is 0 Å². The zero-order valence-corrected chi connectivity index (χ0v) is 26.8. The Morgan fingerprint density at radius 2 is 1.09 bits per heavy atom. The molecule has 2 aromatic carbocycles. The fourth-order valence-corrected chi connectivity index (χ4v) is 4.96. The molecule has 0 unspecified atom stereocenters. The molecular formula is C35H28N6O2Pt. The average Bonchev–Trinajstić information content (AvgIpc) is 3.08. The van der Waals surface area contributed by atoms with Crippen LogP contribution < -0.4 is 9.47 Å². The molecule has 4 heterocycles. The molecule has 0 saturated heterocycles. The van der Waals surface area contributed by atoms with Crippen molar-refractivity contribution in [3.63, 3.8) is 0 Å². The van der Waals surface area contributed by atoms with Crippen LogP contribution in [-0.2, 0) is 26.5 Å². The predicted molar refractivity (Wildman–Crippen MR) is 164 cm³/mol. The molecule has 8 nitrogen and oxygen atoms in total. The van der Waals surface area contributed by atoms with Gasteiger partial charge in [0.2, 0.25) is 0 Å². The second-order valence-corrected chi connectivity index (χ2v) is 10.2. The van der Waals surface area contributed by atoms with Crippen molar-refractivity contribution >= 4 is 0 Å². The molecular weight excluding hydrogens is 732 g/mol. The monoisotopic (exact) mass is 759 g/mol. The van der Waals surface area contributed by atoms with Gasteiger partial charge < -0.3 is 9.47 Å². The molecule has 0 aliphatic rings. The summed E-state index contributed by atoms with van der Waals surface area (Å²) in [4.78, 5) is 28.1. The number of hydrogen-bond donors (Lipinski definition) is 0. The molecule has 0 atom stereocenters. The third-order valence-corrected chi connectivity index (χ3v) is 7.25. The van der Waals surface area contributed by atoms with Gasteiger partial charge in [-0.3, -0.25) is 29.9 Å². The normalized spacial score (nSPS) is 11.0. The second-order valence-electron chi connectivity index (χ2n) is 10.2. The van der Waals surface area contributed by atoms with E-state index >= 15 is 0 Å². The largest absolute Gasteiger partial charge is 2.00 e. The quantitative estimate of drug-likeness (QED) is 0.159. The molecule has 0 saturated carbocycles. The summed E-state index contributed by atoms with van der Waals surface area (Å²) in [6.45, 7) is 4.16. The Kier molecular flexibility index (Phi) is 9.21. The zero-order valence-electron chi connectivity index (χ0n) is 24.6. The Labute approximate surface area is 270 Å². The Morgan fingerprint density at radius 3 is 1.43 bits per heavy atom. The zero-order chi connectivity index (χ0) is 29.8. The number of benzene rings is 2. The molecule has 0 radical (unpaired) electrons. The van der Waals surface area contributed by atoms with Crippen LogP contribution in [0.5, 0.6) is 11.5 Å². The first kappa shape index (κ1) is 30.6. The van der Waals surface area contributed by atoms with Crippen LogP contribution in [0.3, 0.4) is 0 Å². The van der Waals surface area contributed by atoms with Crippen LogP contribution in [-0.4, -0.2) is 44.1 Å². The molecule has 44 heavy (non-hydrogen) atoms. The van der Waals surface area contributed by atoms with Crippen LogP contribution in [0.1, 0.15) is 25.2 Å². The Bertz CT molecular complexity index is 1720. The number of pyridine rings is 2. The molecule has 4 aromatic heterocycles. The first-order chi connectivity index (χ1) is 21.0. The average molecular weight is 760 g/mol. The van der Waals surface area contributed by atoms with Crippen molar-refractivity contribution in [1.82, 2.24) is 29.9 Å². The van der Waals surface area contributed by atoms with E-state index in [1.165, 1.54) is 0 Å². The minimum Gasteiger partial charge on any atom is -0.497 e. The molecule has 220 valence electrons. The van der Waals surface area contributed by atoms with Gasteiger partial charge in [0, 0.05) is 76.2 Å². The van der Waals surface area contributed by atoms with E-state index < -0.39 is 5.41 Å². The van der Waals surface area contributed by atoms with Crippen molar-refractivity contribution < 1.29 is 30.5 Å². The Hall–Kier alpha value is -4.81. The minimum absolute atomic E-state index is 0. The van der Waals surface area contributed by atoms with Crippen LogP contribution in [0.25, 0.3) is 45.0 Å². The van der Waals surface area contributed by atoms with E-state index in [1.807, 2.05) is 60.7 Å². The van der Waals surface area contributed by atoms with Crippen molar-refractivity contribution in [2.75, 3.05) is 14.2 Å². The van der Waals surface area contributed by atoms with Gasteiger partial charge in [-0.1, -0.05) is 0 Å². The van der Waals surface area contributed by atoms with Crippen LogP contribution in [0, 0.1) is 12.1 Å². The van der Waals surface area contributed by atoms with E-state index in [0.717, 1.165) is 33.6 Å². The maximum Gasteiger partial charge on any atom is 2.00 e. The number of rotatable bonds is 8. The third kappa shape index (κ3) is 5.86. The van der Waals surface area contributed by atoms with Gasteiger partial charge in [0.15, 0.2) is 0 Å². The molecule has 0 amide bonds. The van der Waals surface area contributed by atoms with Gasteiger partial charge in [-0.05, 0) is 13.8 Å². The van der Waals surface area contributed by atoms with E-state index in [1.54, 1.807) is 51.4 Å². The smallest absolute Gasteiger partial charge is 0.497 e. The van der Waals surface area contributed by atoms with Crippen molar-refractivity contribution in [1.29, 1.82) is 0 Å². The van der Waals surface area contributed by atoms with E-state index in [9.17, 15) is 0 Å². The van der Waals surface area contributed by atoms with Gasteiger partial charge in [-0.25, -0.2) is 0 Å². The number of hydrogen-bond acceptors (Lipinski definition) is 8. The van der Waals surface area contributed by atoms with Crippen LogP contribution >= 0.6 is 0 Å². The molecule has 9 heteroatoms. The van der Waals surface area contributed by atoms with Crippen molar-refractivity contribution in [3.8, 4) is 56.5 Å². The van der Waals surface area contributed by atoms with Gasteiger partial charge >= 0.3 is 21.1 Å². The topological polar surface area (TPSA) is 95.8 Å². The second kappa shape index (κ2) is 13.2. The third-order valence-electron chi connectivity index (χ3n) is 7.25. The van der Waals surface area contributed by atoms with Gasteiger partial charge in [-0.2, -0.15) is 0 Å².